The van der Waals surface area contributed by atoms with Gasteiger partial charge in [-0.15, -0.1) is 0 Å². The quantitative estimate of drug-likeness (QED) is 0.550. The second-order valence-corrected chi connectivity index (χ2v) is 8.30. The van der Waals surface area contributed by atoms with E-state index in [1.165, 1.54) is 5.56 Å². The summed E-state index contributed by atoms with van der Waals surface area (Å²) in [7, 11) is 1.63. The van der Waals surface area contributed by atoms with Crippen molar-refractivity contribution >= 4 is 17.4 Å². The molecule has 1 aliphatic heterocycles. The number of hydrogen-bond acceptors (Lipinski definition) is 5. The molecule has 0 saturated carbocycles. The molecule has 0 unspecified atom stereocenters. The second-order valence-electron chi connectivity index (χ2n) is 8.30. The number of carbonyl (C=O) groups excluding carboxylic acids is 1. The number of methoxy groups -OCH3 is 1. The van der Waals surface area contributed by atoms with E-state index in [0.717, 1.165) is 57.7 Å². The van der Waals surface area contributed by atoms with Crippen molar-refractivity contribution < 1.29 is 9.53 Å². The number of nitrogens with one attached hydrogen (secondary N) is 1. The Balaban J connectivity index is 1.36. The Bertz CT molecular complexity index is 1040. The molecule has 172 valence electrons. The van der Waals surface area contributed by atoms with Gasteiger partial charge in [0.05, 0.1) is 18.4 Å². The molecule has 1 saturated heterocycles. The largest absolute Gasteiger partial charge is 0.495 e. The first-order chi connectivity index (χ1) is 16.2. The summed E-state index contributed by atoms with van der Waals surface area (Å²) in [5, 5.41) is 3.29. The number of nitrogens with zero attached hydrogens (tertiary/aromatic N) is 3. The van der Waals surface area contributed by atoms with Gasteiger partial charge in [-0.3, -0.25) is 4.79 Å². The first-order valence-corrected chi connectivity index (χ1v) is 11.6. The van der Waals surface area contributed by atoms with Crippen molar-refractivity contribution in [1.82, 2.24) is 14.8 Å². The van der Waals surface area contributed by atoms with Crippen LogP contribution in [0.3, 0.4) is 0 Å². The highest BCUT2D eigenvalue weighted by Crippen LogP contribution is 2.28. The molecule has 0 aliphatic carbocycles. The fourth-order valence-electron chi connectivity index (χ4n) is 4.27. The molecule has 4 rings (SSSR count). The van der Waals surface area contributed by atoms with Crippen molar-refractivity contribution in [2.45, 2.75) is 19.3 Å². The first kappa shape index (κ1) is 22.8. The average Bonchev–Trinajstić information content (AvgIpc) is 3.11. The van der Waals surface area contributed by atoms with E-state index >= 15 is 0 Å². The predicted molar refractivity (Wildman–Crippen MR) is 132 cm³/mol. The second kappa shape index (κ2) is 11.5. The van der Waals surface area contributed by atoms with Crippen molar-refractivity contribution in [2.24, 2.45) is 0 Å². The summed E-state index contributed by atoms with van der Waals surface area (Å²) >= 11 is 0. The summed E-state index contributed by atoms with van der Waals surface area (Å²) in [6.45, 7) is 4.47. The van der Waals surface area contributed by atoms with E-state index < -0.39 is 0 Å². The Morgan fingerprint density at radius 1 is 0.970 bits per heavy atom. The van der Waals surface area contributed by atoms with E-state index in [9.17, 15) is 4.79 Å². The van der Waals surface area contributed by atoms with Crippen LogP contribution >= 0.6 is 0 Å². The topological polar surface area (TPSA) is 57.7 Å². The molecule has 1 N–H and O–H groups in total. The van der Waals surface area contributed by atoms with Crippen LogP contribution in [0.25, 0.3) is 0 Å². The number of rotatable bonds is 8. The molecule has 1 amide bonds. The third-order valence-corrected chi connectivity index (χ3v) is 6.06. The lowest BCUT2D eigenvalue weighted by Gasteiger charge is -2.23. The van der Waals surface area contributed by atoms with E-state index in [4.69, 9.17) is 4.74 Å². The van der Waals surface area contributed by atoms with E-state index in [0.29, 0.717) is 17.1 Å². The van der Waals surface area contributed by atoms with Gasteiger partial charge in [0.1, 0.15) is 11.6 Å². The smallest absolute Gasteiger partial charge is 0.257 e. The normalized spacial score (nSPS) is 14.5. The van der Waals surface area contributed by atoms with Crippen molar-refractivity contribution in [1.29, 1.82) is 0 Å². The van der Waals surface area contributed by atoms with Gasteiger partial charge in [-0.05, 0) is 62.2 Å². The van der Waals surface area contributed by atoms with Gasteiger partial charge in [0.25, 0.3) is 5.91 Å². The molecular weight excluding hydrogens is 412 g/mol. The number of aryl methyl sites for hydroxylation is 1. The van der Waals surface area contributed by atoms with Crippen LogP contribution in [-0.4, -0.2) is 60.5 Å². The van der Waals surface area contributed by atoms with Crippen LogP contribution < -0.4 is 10.1 Å². The van der Waals surface area contributed by atoms with E-state index in [-0.39, 0.29) is 5.91 Å². The number of amides is 1. The van der Waals surface area contributed by atoms with Gasteiger partial charge in [-0.2, -0.15) is 0 Å². The average molecular weight is 445 g/mol. The minimum Gasteiger partial charge on any atom is -0.495 e. The zero-order chi connectivity index (χ0) is 22.9. The highest BCUT2D eigenvalue weighted by molar-refractivity contribution is 5.99. The molecule has 6 heteroatoms. The molecule has 1 fully saturated rings. The third kappa shape index (κ3) is 6.11. The number of anilines is 2. The van der Waals surface area contributed by atoms with Crippen molar-refractivity contribution in [3.8, 4) is 5.75 Å². The van der Waals surface area contributed by atoms with E-state index in [1.54, 1.807) is 13.3 Å². The Morgan fingerprint density at radius 3 is 2.64 bits per heavy atom. The lowest BCUT2D eigenvalue weighted by atomic mass is 10.1. The van der Waals surface area contributed by atoms with Gasteiger partial charge in [0.15, 0.2) is 0 Å². The molecule has 0 spiro atoms. The fraction of sp³-hybridized carbons (Fsp3) is 0.333. The molecule has 0 radical (unpaired) electrons. The number of carbonyl (C=O) groups is 1. The Morgan fingerprint density at radius 2 is 1.79 bits per heavy atom. The number of benzene rings is 2. The van der Waals surface area contributed by atoms with Gasteiger partial charge < -0.3 is 19.9 Å². The molecule has 0 atom stereocenters. The van der Waals surface area contributed by atoms with Gasteiger partial charge in [-0.1, -0.05) is 42.5 Å². The highest BCUT2D eigenvalue weighted by atomic mass is 16.5. The molecule has 1 aliphatic rings. The number of pyridine rings is 1. The van der Waals surface area contributed by atoms with Gasteiger partial charge >= 0.3 is 0 Å². The summed E-state index contributed by atoms with van der Waals surface area (Å²) in [6.07, 6.45) is 4.90. The minimum atomic E-state index is 0.0200. The van der Waals surface area contributed by atoms with Gasteiger partial charge in [-0.25, -0.2) is 4.98 Å². The number of aromatic nitrogens is 1. The fourth-order valence-corrected chi connectivity index (χ4v) is 4.27. The van der Waals surface area contributed by atoms with Crippen LogP contribution in [0.2, 0.25) is 0 Å². The maximum absolute atomic E-state index is 13.4. The molecule has 33 heavy (non-hydrogen) atoms. The summed E-state index contributed by atoms with van der Waals surface area (Å²) in [4.78, 5) is 22.3. The number of para-hydroxylation sites is 2. The van der Waals surface area contributed by atoms with E-state index in [1.807, 2.05) is 41.3 Å². The Labute approximate surface area is 196 Å². The monoisotopic (exact) mass is 444 g/mol. The third-order valence-electron chi connectivity index (χ3n) is 6.06. The lowest BCUT2D eigenvalue weighted by molar-refractivity contribution is 0.0762. The standard InChI is InChI=1S/C27H32N4O2/c1-33-25-15-6-5-14-24(25)29-26-23(13-7-16-28-26)27(32)31-19-9-18-30(20-21-31)17-8-12-22-10-3-2-4-11-22/h2-7,10-11,13-16H,8-9,12,17-21H2,1H3,(H,28,29). The Hall–Kier alpha value is -3.38. The number of ether oxygens (including phenoxy) is 1. The molecule has 1 aromatic heterocycles. The van der Waals surface area contributed by atoms with Gasteiger partial charge in [0, 0.05) is 25.8 Å². The zero-order valence-electron chi connectivity index (χ0n) is 19.2. The van der Waals surface area contributed by atoms with Gasteiger partial charge in [0.2, 0.25) is 0 Å². The summed E-state index contributed by atoms with van der Waals surface area (Å²) in [6, 6.07) is 21.9. The van der Waals surface area contributed by atoms with E-state index in [2.05, 4.69) is 45.5 Å². The summed E-state index contributed by atoms with van der Waals surface area (Å²) in [5.74, 6) is 1.28. The molecule has 2 aromatic carbocycles. The maximum atomic E-state index is 13.4. The lowest BCUT2D eigenvalue weighted by Crippen LogP contribution is -2.35. The first-order valence-electron chi connectivity index (χ1n) is 11.6. The maximum Gasteiger partial charge on any atom is 0.257 e. The highest BCUT2D eigenvalue weighted by Gasteiger charge is 2.23. The molecule has 0 bridgehead atoms. The van der Waals surface area contributed by atoms with Crippen molar-refractivity contribution in [3.05, 3.63) is 84.1 Å². The van der Waals surface area contributed by atoms with Crippen LogP contribution in [0.1, 0.15) is 28.8 Å². The van der Waals surface area contributed by atoms with Crippen LogP contribution in [0.5, 0.6) is 5.75 Å². The van der Waals surface area contributed by atoms with Crippen molar-refractivity contribution in [2.75, 3.05) is 45.2 Å². The van der Waals surface area contributed by atoms with Crippen LogP contribution in [0, 0.1) is 0 Å². The predicted octanol–water partition coefficient (Wildman–Crippen LogP) is 4.61. The Kier molecular flexibility index (Phi) is 7.93. The molecular formula is C27H32N4O2. The minimum absolute atomic E-state index is 0.0200. The zero-order valence-corrected chi connectivity index (χ0v) is 19.2. The SMILES string of the molecule is COc1ccccc1Nc1ncccc1C(=O)N1CCCN(CCCc2ccccc2)CC1. The summed E-state index contributed by atoms with van der Waals surface area (Å²) < 4.78 is 5.43. The van der Waals surface area contributed by atoms with Crippen LogP contribution in [0.4, 0.5) is 11.5 Å². The molecule has 3 aromatic rings. The van der Waals surface area contributed by atoms with Crippen molar-refractivity contribution in [3.63, 3.8) is 0 Å². The summed E-state index contributed by atoms with van der Waals surface area (Å²) in [5.41, 5.74) is 2.75. The molecule has 6 nitrogen and oxygen atoms in total. The molecule has 2 heterocycles. The van der Waals surface area contributed by atoms with Crippen LogP contribution in [0.15, 0.2) is 72.9 Å². The number of hydrogen-bond donors (Lipinski definition) is 1. The van der Waals surface area contributed by atoms with Crippen LogP contribution in [-0.2, 0) is 6.42 Å².